The molecule has 2 rings (SSSR count). The van der Waals surface area contributed by atoms with Crippen LogP contribution in [0.2, 0.25) is 0 Å². The second-order valence-corrected chi connectivity index (χ2v) is 3.97. The first-order chi connectivity index (χ1) is 7.66. The number of hydrogen-bond donors (Lipinski definition) is 1. The third-order valence-corrected chi connectivity index (χ3v) is 2.60. The number of ether oxygens (including phenoxy) is 1. The molecular formula is C12H14FNO2. The van der Waals surface area contributed by atoms with Gasteiger partial charge in [-0.15, -0.1) is 0 Å². The van der Waals surface area contributed by atoms with Crippen molar-refractivity contribution in [2.45, 2.75) is 25.9 Å². The van der Waals surface area contributed by atoms with Gasteiger partial charge in [0.2, 0.25) is 0 Å². The average Bonchev–Trinajstić information content (AvgIpc) is 2.76. The number of benzene rings is 1. The molecule has 1 saturated heterocycles. The van der Waals surface area contributed by atoms with Crippen molar-refractivity contribution in [2.75, 3.05) is 11.9 Å². The Bertz CT molecular complexity index is 400. The Hall–Kier alpha value is -1.42. The molecule has 16 heavy (non-hydrogen) atoms. The van der Waals surface area contributed by atoms with Gasteiger partial charge in [0.15, 0.2) is 0 Å². The maximum atomic E-state index is 13.4. The van der Waals surface area contributed by atoms with Gasteiger partial charge in [0.05, 0.1) is 5.69 Å². The molecule has 1 heterocycles. The van der Waals surface area contributed by atoms with E-state index in [1.54, 1.807) is 12.1 Å². The monoisotopic (exact) mass is 223 g/mol. The van der Waals surface area contributed by atoms with Gasteiger partial charge in [-0.25, -0.2) is 4.39 Å². The molecule has 1 aliphatic heterocycles. The van der Waals surface area contributed by atoms with Crippen molar-refractivity contribution in [3.63, 3.8) is 0 Å². The topological polar surface area (TPSA) is 38.3 Å². The normalized spacial score (nSPS) is 19.8. The minimum absolute atomic E-state index is 0.223. The Morgan fingerprint density at radius 1 is 1.56 bits per heavy atom. The van der Waals surface area contributed by atoms with E-state index in [0.717, 1.165) is 12.0 Å². The van der Waals surface area contributed by atoms with E-state index in [-0.39, 0.29) is 11.6 Å². The van der Waals surface area contributed by atoms with Gasteiger partial charge < -0.3 is 10.1 Å². The summed E-state index contributed by atoms with van der Waals surface area (Å²) in [6.45, 7) is 2.45. The summed E-state index contributed by atoms with van der Waals surface area (Å²) in [5.74, 6) is -0.682. The Morgan fingerprint density at radius 3 is 3.06 bits per heavy atom. The highest BCUT2D eigenvalue weighted by Gasteiger charge is 2.24. The number of rotatable bonds is 2. The molecule has 0 bridgehead atoms. The molecule has 0 aliphatic carbocycles. The fourth-order valence-electron chi connectivity index (χ4n) is 1.73. The largest absolute Gasteiger partial charge is 0.368 e. The van der Waals surface area contributed by atoms with E-state index < -0.39 is 11.9 Å². The zero-order valence-corrected chi connectivity index (χ0v) is 9.13. The first kappa shape index (κ1) is 11.1. The van der Waals surface area contributed by atoms with Gasteiger partial charge in [0.1, 0.15) is 11.9 Å². The number of halogens is 1. The van der Waals surface area contributed by atoms with Gasteiger partial charge in [-0.2, -0.15) is 0 Å². The van der Waals surface area contributed by atoms with Crippen LogP contribution in [0.15, 0.2) is 18.2 Å². The maximum absolute atomic E-state index is 13.4. The number of hydrogen-bond acceptors (Lipinski definition) is 2. The van der Waals surface area contributed by atoms with Gasteiger partial charge in [0.25, 0.3) is 5.91 Å². The summed E-state index contributed by atoms with van der Waals surface area (Å²) in [6, 6.07) is 4.62. The van der Waals surface area contributed by atoms with Crippen molar-refractivity contribution < 1.29 is 13.9 Å². The van der Waals surface area contributed by atoms with Crippen molar-refractivity contribution in [3.8, 4) is 0 Å². The summed E-state index contributed by atoms with van der Waals surface area (Å²) in [6.07, 6.45) is 1.16. The summed E-state index contributed by atoms with van der Waals surface area (Å²) in [5, 5.41) is 2.55. The lowest BCUT2D eigenvalue weighted by Crippen LogP contribution is -2.27. The van der Waals surface area contributed by atoms with Crippen LogP contribution in [0.5, 0.6) is 0 Å². The van der Waals surface area contributed by atoms with Crippen LogP contribution in [0.3, 0.4) is 0 Å². The van der Waals surface area contributed by atoms with Crippen LogP contribution in [0.25, 0.3) is 0 Å². The molecule has 86 valence electrons. The second kappa shape index (κ2) is 4.61. The molecule has 0 spiro atoms. The number of anilines is 1. The van der Waals surface area contributed by atoms with Crippen molar-refractivity contribution >= 4 is 11.6 Å². The van der Waals surface area contributed by atoms with E-state index in [1.165, 1.54) is 6.07 Å². The fourth-order valence-corrected chi connectivity index (χ4v) is 1.73. The number of amides is 1. The molecule has 1 aromatic rings. The first-order valence-corrected chi connectivity index (χ1v) is 5.35. The molecule has 1 atom stereocenters. The van der Waals surface area contributed by atoms with Crippen molar-refractivity contribution in [2.24, 2.45) is 0 Å². The lowest BCUT2D eigenvalue weighted by atomic mass is 10.2. The van der Waals surface area contributed by atoms with Crippen LogP contribution in [0.4, 0.5) is 10.1 Å². The minimum atomic E-state index is -0.431. The second-order valence-electron chi connectivity index (χ2n) is 3.97. The minimum Gasteiger partial charge on any atom is -0.368 e. The number of carbonyl (C=O) groups is 1. The van der Waals surface area contributed by atoms with Gasteiger partial charge in [-0.1, -0.05) is 6.07 Å². The molecular weight excluding hydrogens is 209 g/mol. The molecule has 1 amide bonds. The van der Waals surface area contributed by atoms with Crippen LogP contribution >= 0.6 is 0 Å². The zero-order valence-electron chi connectivity index (χ0n) is 9.13. The Kier molecular flexibility index (Phi) is 3.19. The Labute approximate surface area is 93.6 Å². The lowest BCUT2D eigenvalue weighted by Gasteiger charge is -2.11. The maximum Gasteiger partial charge on any atom is 0.253 e. The fraction of sp³-hybridized carbons (Fsp3) is 0.417. The molecule has 1 N–H and O–H groups in total. The van der Waals surface area contributed by atoms with Crippen LogP contribution in [0, 0.1) is 12.7 Å². The van der Waals surface area contributed by atoms with E-state index in [4.69, 9.17) is 4.74 Å². The summed E-state index contributed by atoms with van der Waals surface area (Å²) < 4.78 is 18.6. The number of nitrogens with one attached hydrogen (secondary N) is 1. The van der Waals surface area contributed by atoms with Gasteiger partial charge in [0, 0.05) is 6.61 Å². The highest BCUT2D eigenvalue weighted by molar-refractivity contribution is 5.94. The third-order valence-electron chi connectivity index (χ3n) is 2.60. The standard InChI is InChI=1S/C12H14FNO2/c1-8-4-5-9(13)10(7-8)14-12(15)11-3-2-6-16-11/h4-5,7,11H,2-3,6H2,1H3,(H,14,15). The van der Waals surface area contributed by atoms with E-state index in [0.29, 0.717) is 13.0 Å². The number of carbonyl (C=O) groups excluding carboxylic acids is 1. The highest BCUT2D eigenvalue weighted by Crippen LogP contribution is 2.18. The van der Waals surface area contributed by atoms with E-state index in [1.807, 2.05) is 6.92 Å². The van der Waals surface area contributed by atoms with Crippen molar-refractivity contribution in [1.82, 2.24) is 0 Å². The summed E-state index contributed by atoms with van der Waals surface area (Å²) in [5.41, 5.74) is 1.13. The van der Waals surface area contributed by atoms with Crippen LogP contribution < -0.4 is 5.32 Å². The van der Waals surface area contributed by atoms with Gasteiger partial charge in [-0.3, -0.25) is 4.79 Å². The average molecular weight is 223 g/mol. The van der Waals surface area contributed by atoms with Crippen molar-refractivity contribution in [1.29, 1.82) is 0 Å². The predicted octanol–water partition coefficient (Wildman–Crippen LogP) is 2.25. The lowest BCUT2D eigenvalue weighted by molar-refractivity contribution is -0.124. The molecule has 3 nitrogen and oxygen atoms in total. The molecule has 1 aromatic carbocycles. The Morgan fingerprint density at radius 2 is 2.38 bits per heavy atom. The van der Waals surface area contributed by atoms with Crippen LogP contribution in [-0.2, 0) is 9.53 Å². The molecule has 0 radical (unpaired) electrons. The van der Waals surface area contributed by atoms with E-state index in [9.17, 15) is 9.18 Å². The quantitative estimate of drug-likeness (QED) is 0.835. The molecule has 0 aromatic heterocycles. The predicted molar refractivity (Wildman–Crippen MR) is 58.7 cm³/mol. The van der Waals surface area contributed by atoms with Crippen molar-refractivity contribution in [3.05, 3.63) is 29.6 Å². The molecule has 1 fully saturated rings. The van der Waals surface area contributed by atoms with E-state index >= 15 is 0 Å². The van der Waals surface area contributed by atoms with Crippen LogP contribution in [0.1, 0.15) is 18.4 Å². The summed E-state index contributed by atoms with van der Waals surface area (Å²) in [7, 11) is 0. The molecule has 4 heteroatoms. The van der Waals surface area contributed by atoms with Crippen LogP contribution in [-0.4, -0.2) is 18.6 Å². The highest BCUT2D eigenvalue weighted by atomic mass is 19.1. The third kappa shape index (κ3) is 2.39. The zero-order chi connectivity index (χ0) is 11.5. The van der Waals surface area contributed by atoms with Gasteiger partial charge >= 0.3 is 0 Å². The molecule has 1 aliphatic rings. The molecule has 0 saturated carbocycles. The summed E-state index contributed by atoms with van der Waals surface area (Å²) in [4.78, 5) is 11.7. The Balaban J connectivity index is 2.07. The smallest absolute Gasteiger partial charge is 0.253 e. The SMILES string of the molecule is Cc1ccc(F)c(NC(=O)C2CCCO2)c1. The molecule has 1 unspecified atom stereocenters. The summed E-state index contributed by atoms with van der Waals surface area (Å²) >= 11 is 0. The van der Waals surface area contributed by atoms with E-state index in [2.05, 4.69) is 5.32 Å². The number of aryl methyl sites for hydroxylation is 1. The first-order valence-electron chi connectivity index (χ1n) is 5.35. The van der Waals surface area contributed by atoms with Gasteiger partial charge in [-0.05, 0) is 37.5 Å².